The van der Waals surface area contributed by atoms with E-state index in [1.807, 2.05) is 0 Å². The highest BCUT2D eigenvalue weighted by atomic mass is 35.5. The van der Waals surface area contributed by atoms with E-state index >= 15 is 0 Å². The van der Waals surface area contributed by atoms with Crippen LogP contribution in [-0.4, -0.2) is 12.1 Å². The second-order valence-corrected chi connectivity index (χ2v) is 2.32. The molecule has 0 spiro atoms. The molecule has 1 heterocycles. The molecule has 0 fully saturated rings. The van der Waals surface area contributed by atoms with Crippen LogP contribution < -0.4 is 4.74 Å². The van der Waals surface area contributed by atoms with Gasteiger partial charge in [-0.2, -0.15) is 9.65 Å². The predicted octanol–water partition coefficient (Wildman–Crippen LogP) is 1.75. The number of hydrogen-bond acceptors (Lipinski definition) is 3. The summed E-state index contributed by atoms with van der Waals surface area (Å²) in [7, 11) is 1.27. The average molecular weight is 187 g/mol. The molecule has 0 aliphatic rings. The second-order valence-electron chi connectivity index (χ2n) is 1.91. The molecule has 62 valence electrons. The number of methoxy groups -OCH3 is 1. The molecular formula is C7H4ClFN2O. The van der Waals surface area contributed by atoms with Crippen molar-refractivity contribution in [1.29, 1.82) is 5.26 Å². The number of hydrogen-bond donors (Lipinski definition) is 0. The summed E-state index contributed by atoms with van der Waals surface area (Å²) in [5.41, 5.74) is -0.323. The quantitative estimate of drug-likeness (QED) is 0.671. The molecule has 12 heavy (non-hydrogen) atoms. The van der Waals surface area contributed by atoms with Crippen LogP contribution in [0.4, 0.5) is 4.39 Å². The summed E-state index contributed by atoms with van der Waals surface area (Å²) in [6, 6.07) is 1.57. The Morgan fingerprint density at radius 3 is 2.92 bits per heavy atom. The fourth-order valence-electron chi connectivity index (χ4n) is 0.714. The molecular weight excluding hydrogens is 183 g/mol. The summed E-state index contributed by atoms with van der Waals surface area (Å²) in [6.07, 6.45) is 1.17. The van der Waals surface area contributed by atoms with Crippen LogP contribution >= 0.6 is 11.6 Å². The summed E-state index contributed by atoms with van der Waals surface area (Å²) in [5.74, 6) is -0.976. The highest BCUT2D eigenvalue weighted by Crippen LogP contribution is 2.27. The first-order valence-corrected chi connectivity index (χ1v) is 3.36. The van der Waals surface area contributed by atoms with Crippen LogP contribution in [0.15, 0.2) is 6.20 Å². The Kier molecular flexibility index (Phi) is 2.46. The van der Waals surface area contributed by atoms with Gasteiger partial charge in [0.15, 0.2) is 11.4 Å². The molecule has 0 saturated heterocycles. The number of rotatable bonds is 1. The van der Waals surface area contributed by atoms with Crippen LogP contribution in [0.5, 0.6) is 5.75 Å². The molecule has 0 atom stereocenters. The topological polar surface area (TPSA) is 45.9 Å². The van der Waals surface area contributed by atoms with Gasteiger partial charge in [-0.1, -0.05) is 11.6 Å². The molecule has 3 nitrogen and oxygen atoms in total. The van der Waals surface area contributed by atoms with Gasteiger partial charge in [-0.15, -0.1) is 0 Å². The Morgan fingerprint density at radius 1 is 1.75 bits per heavy atom. The molecule has 5 heteroatoms. The van der Waals surface area contributed by atoms with E-state index in [-0.39, 0.29) is 16.5 Å². The summed E-state index contributed by atoms with van der Waals surface area (Å²) in [6.45, 7) is 0. The molecule has 0 aliphatic heterocycles. The second kappa shape index (κ2) is 3.37. The zero-order valence-corrected chi connectivity index (χ0v) is 6.89. The maximum absolute atomic E-state index is 13.0. The van der Waals surface area contributed by atoms with Crippen LogP contribution in [0.25, 0.3) is 0 Å². The van der Waals surface area contributed by atoms with Gasteiger partial charge in [0, 0.05) is 0 Å². The van der Waals surface area contributed by atoms with Crippen molar-refractivity contribution in [2.75, 3.05) is 7.11 Å². The first-order valence-electron chi connectivity index (χ1n) is 2.98. The minimum atomic E-state index is -0.826. The molecule has 0 N–H and O–H groups in total. The normalized spacial score (nSPS) is 9.17. The number of nitrogens with zero attached hydrogens (tertiary/aromatic N) is 2. The van der Waals surface area contributed by atoms with Crippen LogP contribution in [0.2, 0.25) is 5.02 Å². The third-order valence-corrected chi connectivity index (χ3v) is 1.51. The van der Waals surface area contributed by atoms with Gasteiger partial charge in [0.1, 0.15) is 11.1 Å². The van der Waals surface area contributed by atoms with Crippen LogP contribution in [0.3, 0.4) is 0 Å². The largest absolute Gasteiger partial charge is 0.492 e. The van der Waals surface area contributed by atoms with E-state index in [9.17, 15) is 4.39 Å². The SMILES string of the molecule is COc1c(Cl)cnc(C#N)c1F. The van der Waals surface area contributed by atoms with Crippen molar-refractivity contribution in [3.63, 3.8) is 0 Å². The monoisotopic (exact) mass is 186 g/mol. The zero-order valence-electron chi connectivity index (χ0n) is 6.14. The Hall–Kier alpha value is -1.34. The zero-order chi connectivity index (χ0) is 9.14. The van der Waals surface area contributed by atoms with Crippen LogP contribution in [-0.2, 0) is 0 Å². The molecule has 0 saturated carbocycles. The smallest absolute Gasteiger partial charge is 0.202 e. The summed E-state index contributed by atoms with van der Waals surface area (Å²) in [4.78, 5) is 3.46. The number of ether oxygens (including phenoxy) is 1. The third-order valence-electron chi connectivity index (χ3n) is 1.24. The van der Waals surface area contributed by atoms with Gasteiger partial charge in [0.05, 0.1) is 13.3 Å². The molecule has 0 amide bonds. The molecule has 0 bridgehead atoms. The molecule has 0 unspecified atom stereocenters. The van der Waals surface area contributed by atoms with Crippen molar-refractivity contribution in [2.45, 2.75) is 0 Å². The summed E-state index contributed by atoms with van der Waals surface area (Å²) >= 11 is 5.52. The van der Waals surface area contributed by atoms with Gasteiger partial charge in [0.25, 0.3) is 0 Å². The lowest BCUT2D eigenvalue weighted by molar-refractivity contribution is 0.384. The molecule has 1 rings (SSSR count). The maximum Gasteiger partial charge on any atom is 0.202 e. The van der Waals surface area contributed by atoms with Gasteiger partial charge in [-0.25, -0.2) is 4.98 Å². The van der Waals surface area contributed by atoms with Crippen LogP contribution in [0, 0.1) is 17.1 Å². The average Bonchev–Trinajstić information content (AvgIpc) is 2.06. The Labute approximate surface area is 73.4 Å². The predicted molar refractivity (Wildman–Crippen MR) is 40.5 cm³/mol. The Balaban J connectivity index is 3.36. The molecule has 0 radical (unpaired) electrons. The van der Waals surface area contributed by atoms with E-state index in [1.54, 1.807) is 6.07 Å². The van der Waals surface area contributed by atoms with Gasteiger partial charge >= 0.3 is 0 Å². The molecule has 1 aromatic rings. The van der Waals surface area contributed by atoms with Crippen molar-refractivity contribution in [1.82, 2.24) is 4.98 Å². The van der Waals surface area contributed by atoms with E-state index in [4.69, 9.17) is 16.9 Å². The van der Waals surface area contributed by atoms with Crippen LogP contribution in [0.1, 0.15) is 5.69 Å². The molecule has 0 aromatic carbocycles. The van der Waals surface area contributed by atoms with Crippen molar-refractivity contribution in [3.8, 4) is 11.8 Å². The first kappa shape index (κ1) is 8.75. The van der Waals surface area contributed by atoms with E-state index < -0.39 is 5.82 Å². The standard InChI is InChI=1S/C7H4ClFN2O/c1-12-7-4(8)3-11-5(2-10)6(7)9/h3H,1H3. The Morgan fingerprint density at radius 2 is 2.42 bits per heavy atom. The summed E-state index contributed by atoms with van der Waals surface area (Å²) < 4.78 is 17.7. The van der Waals surface area contributed by atoms with Gasteiger partial charge in [-0.05, 0) is 0 Å². The third kappa shape index (κ3) is 1.31. The fourth-order valence-corrected chi connectivity index (χ4v) is 0.923. The highest BCUT2D eigenvalue weighted by Gasteiger charge is 2.13. The summed E-state index contributed by atoms with van der Waals surface area (Å²) in [5, 5.41) is 8.43. The van der Waals surface area contributed by atoms with Crippen molar-refractivity contribution in [3.05, 3.63) is 22.7 Å². The minimum absolute atomic E-state index is 0.0500. The van der Waals surface area contributed by atoms with E-state index in [0.717, 1.165) is 0 Å². The van der Waals surface area contributed by atoms with Gasteiger partial charge in [0.2, 0.25) is 5.82 Å². The first-order chi connectivity index (χ1) is 5.70. The maximum atomic E-state index is 13.0. The number of halogens is 2. The van der Waals surface area contributed by atoms with Gasteiger partial charge in [-0.3, -0.25) is 0 Å². The molecule has 0 aliphatic carbocycles. The number of aromatic nitrogens is 1. The number of pyridine rings is 1. The lowest BCUT2D eigenvalue weighted by Crippen LogP contribution is -1.95. The van der Waals surface area contributed by atoms with Crippen molar-refractivity contribution >= 4 is 11.6 Å². The van der Waals surface area contributed by atoms with E-state index in [0.29, 0.717) is 0 Å². The highest BCUT2D eigenvalue weighted by molar-refractivity contribution is 6.31. The molecule has 1 aromatic heterocycles. The minimum Gasteiger partial charge on any atom is -0.492 e. The van der Waals surface area contributed by atoms with Crippen molar-refractivity contribution in [2.24, 2.45) is 0 Å². The van der Waals surface area contributed by atoms with Crippen molar-refractivity contribution < 1.29 is 9.13 Å². The van der Waals surface area contributed by atoms with E-state index in [1.165, 1.54) is 13.3 Å². The Bertz CT molecular complexity index is 348. The van der Waals surface area contributed by atoms with E-state index in [2.05, 4.69) is 9.72 Å². The lowest BCUT2D eigenvalue weighted by Gasteiger charge is -2.03. The number of nitriles is 1. The lowest BCUT2D eigenvalue weighted by atomic mass is 10.3. The van der Waals surface area contributed by atoms with Gasteiger partial charge < -0.3 is 4.74 Å². The fraction of sp³-hybridized carbons (Fsp3) is 0.143.